The summed E-state index contributed by atoms with van der Waals surface area (Å²) in [4.78, 5) is 35.7. The topological polar surface area (TPSA) is 105 Å². The number of hydrogen-bond donors (Lipinski definition) is 2. The first-order chi connectivity index (χ1) is 17.3. The first-order valence-corrected chi connectivity index (χ1v) is 12.3. The van der Waals surface area contributed by atoms with Crippen molar-refractivity contribution in [1.82, 2.24) is 15.3 Å². The molecule has 0 aliphatic carbocycles. The molecule has 1 fully saturated rings. The number of carbonyl (C=O) groups is 2. The van der Waals surface area contributed by atoms with Crippen LogP contribution in [0.2, 0.25) is 15.2 Å². The van der Waals surface area contributed by atoms with E-state index in [1.807, 2.05) is 35.2 Å². The van der Waals surface area contributed by atoms with Gasteiger partial charge in [0.15, 0.2) is 5.15 Å². The van der Waals surface area contributed by atoms with E-state index in [0.29, 0.717) is 31.7 Å². The minimum Gasteiger partial charge on any atom is -0.445 e. The molecule has 4 rings (SSSR count). The van der Waals surface area contributed by atoms with E-state index in [0.717, 1.165) is 5.56 Å². The Kier molecular flexibility index (Phi) is 8.31. The van der Waals surface area contributed by atoms with Gasteiger partial charge in [-0.25, -0.2) is 14.8 Å². The Hall–Kier alpha value is -2.91. The fraction of sp³-hybridized carbons (Fsp3) is 0.280. The molecule has 1 aliphatic heterocycles. The maximum Gasteiger partial charge on any atom is 0.407 e. The van der Waals surface area contributed by atoms with Crippen molar-refractivity contribution in [3.05, 3.63) is 86.7 Å². The van der Waals surface area contributed by atoms with E-state index in [4.69, 9.17) is 39.5 Å². The maximum absolute atomic E-state index is 12.9. The molecule has 1 amide bonds. The summed E-state index contributed by atoms with van der Waals surface area (Å²) in [5.41, 5.74) is 0.203. The van der Waals surface area contributed by atoms with Crippen LogP contribution in [0.3, 0.4) is 0 Å². The summed E-state index contributed by atoms with van der Waals surface area (Å²) in [5, 5.41) is 13.2. The van der Waals surface area contributed by atoms with E-state index < -0.39 is 17.4 Å². The average molecular weight is 550 g/mol. The average Bonchev–Trinajstić information content (AvgIpc) is 2.89. The number of amides is 1. The predicted octanol–water partition coefficient (Wildman–Crippen LogP) is 4.93. The molecule has 2 heterocycles. The van der Waals surface area contributed by atoms with Crippen molar-refractivity contribution in [2.75, 3.05) is 24.6 Å². The summed E-state index contributed by atoms with van der Waals surface area (Å²) in [6.45, 7) is 0.845. The Morgan fingerprint density at radius 1 is 1.06 bits per heavy atom. The molecule has 0 bridgehead atoms. The third kappa shape index (κ3) is 5.90. The normalized spacial score (nSPS) is 14.8. The summed E-state index contributed by atoms with van der Waals surface area (Å²) in [6, 6.07) is 14.1. The number of rotatable bonds is 7. The number of hydrogen-bond acceptors (Lipinski definition) is 7. The highest BCUT2D eigenvalue weighted by molar-refractivity contribution is 6.44. The predicted molar refractivity (Wildman–Crippen MR) is 138 cm³/mol. The number of carbonyl (C=O) groups excluding carboxylic acids is 2. The van der Waals surface area contributed by atoms with Crippen molar-refractivity contribution in [3.63, 3.8) is 0 Å². The summed E-state index contributed by atoms with van der Waals surface area (Å²) in [7, 11) is 0. The third-order valence-electron chi connectivity index (χ3n) is 6.06. The van der Waals surface area contributed by atoms with Gasteiger partial charge in [-0.2, -0.15) is 0 Å². The molecule has 0 radical (unpaired) electrons. The SMILES string of the molecule is O=C(NC1(CO)CCN(c2cnc(C(=O)c3cccc(Cl)c3Cl)c(Cl)n2)CC1)OCc1ccccc1. The number of aromatic nitrogens is 2. The lowest BCUT2D eigenvalue weighted by Crippen LogP contribution is -2.57. The highest BCUT2D eigenvalue weighted by atomic mass is 35.5. The summed E-state index contributed by atoms with van der Waals surface area (Å²) in [5.74, 6) is -0.00496. The number of ketones is 1. The molecule has 0 spiro atoms. The molecule has 3 aromatic rings. The lowest BCUT2D eigenvalue weighted by molar-refractivity contribution is 0.0952. The lowest BCUT2D eigenvalue weighted by atomic mass is 9.88. The molecule has 2 aromatic carbocycles. The standard InChI is InChI=1S/C25H23Cl3N4O4/c26-18-8-4-7-17(20(18)27)22(34)21-23(28)30-19(13-29-21)32-11-9-25(15-33,10-12-32)31-24(35)36-14-16-5-2-1-3-6-16/h1-8,13,33H,9-12,14-15H2,(H,31,35). The zero-order valence-electron chi connectivity index (χ0n) is 19.1. The molecule has 0 unspecified atom stereocenters. The van der Waals surface area contributed by atoms with Gasteiger partial charge in [-0.1, -0.05) is 71.2 Å². The molecular weight excluding hydrogens is 527 g/mol. The number of nitrogens with zero attached hydrogens (tertiary/aromatic N) is 3. The van der Waals surface area contributed by atoms with Crippen LogP contribution in [-0.2, 0) is 11.3 Å². The van der Waals surface area contributed by atoms with Gasteiger partial charge in [0.25, 0.3) is 0 Å². The zero-order valence-corrected chi connectivity index (χ0v) is 21.4. The lowest BCUT2D eigenvalue weighted by Gasteiger charge is -2.41. The van der Waals surface area contributed by atoms with Crippen molar-refractivity contribution in [2.24, 2.45) is 0 Å². The van der Waals surface area contributed by atoms with E-state index in [9.17, 15) is 14.7 Å². The Bertz CT molecular complexity index is 1250. The van der Waals surface area contributed by atoms with Crippen LogP contribution in [0.1, 0.15) is 34.5 Å². The molecular formula is C25H23Cl3N4O4. The molecule has 188 valence electrons. The van der Waals surface area contributed by atoms with Gasteiger partial charge in [-0.15, -0.1) is 0 Å². The molecule has 1 saturated heterocycles. The first kappa shape index (κ1) is 26.2. The van der Waals surface area contributed by atoms with Crippen molar-refractivity contribution in [2.45, 2.75) is 25.0 Å². The number of halogens is 3. The minimum absolute atomic E-state index is 0.0332. The van der Waals surface area contributed by atoms with E-state index in [2.05, 4.69) is 15.3 Å². The number of aliphatic hydroxyl groups is 1. The van der Waals surface area contributed by atoms with Crippen LogP contribution in [0.25, 0.3) is 0 Å². The molecule has 36 heavy (non-hydrogen) atoms. The number of anilines is 1. The zero-order chi connectivity index (χ0) is 25.7. The quantitative estimate of drug-likeness (QED) is 0.403. The monoisotopic (exact) mass is 548 g/mol. The Balaban J connectivity index is 1.38. The van der Waals surface area contributed by atoms with Gasteiger partial charge in [0.1, 0.15) is 18.1 Å². The van der Waals surface area contributed by atoms with Crippen molar-refractivity contribution in [3.8, 4) is 0 Å². The van der Waals surface area contributed by atoms with Gasteiger partial charge in [0, 0.05) is 18.7 Å². The number of aliphatic hydroxyl groups excluding tert-OH is 1. The molecule has 8 nitrogen and oxygen atoms in total. The summed E-state index contributed by atoms with van der Waals surface area (Å²) < 4.78 is 5.31. The number of ether oxygens (including phenoxy) is 1. The van der Waals surface area contributed by atoms with Crippen LogP contribution in [0.5, 0.6) is 0 Å². The summed E-state index contributed by atoms with van der Waals surface area (Å²) >= 11 is 18.5. The number of piperidine rings is 1. The first-order valence-electron chi connectivity index (χ1n) is 11.2. The summed E-state index contributed by atoms with van der Waals surface area (Å²) in [6.07, 6.45) is 1.77. The highest BCUT2D eigenvalue weighted by Crippen LogP contribution is 2.30. The molecule has 0 saturated carbocycles. The Labute approximate surface area is 223 Å². The second kappa shape index (κ2) is 11.4. The van der Waals surface area contributed by atoms with Crippen LogP contribution < -0.4 is 10.2 Å². The molecule has 0 atom stereocenters. The van der Waals surface area contributed by atoms with Crippen molar-refractivity contribution >= 4 is 52.5 Å². The second-order valence-electron chi connectivity index (χ2n) is 8.41. The van der Waals surface area contributed by atoms with Gasteiger partial charge in [0.05, 0.1) is 28.4 Å². The maximum atomic E-state index is 12.9. The fourth-order valence-electron chi connectivity index (χ4n) is 3.93. The van der Waals surface area contributed by atoms with Crippen LogP contribution in [0.15, 0.2) is 54.7 Å². The fourth-order valence-corrected chi connectivity index (χ4v) is 4.54. The molecule has 11 heteroatoms. The van der Waals surface area contributed by atoms with Gasteiger partial charge >= 0.3 is 6.09 Å². The van der Waals surface area contributed by atoms with E-state index in [1.165, 1.54) is 6.20 Å². The van der Waals surface area contributed by atoms with Gasteiger partial charge < -0.3 is 20.1 Å². The van der Waals surface area contributed by atoms with Crippen LogP contribution in [-0.4, -0.2) is 52.2 Å². The molecule has 1 aliphatic rings. The van der Waals surface area contributed by atoms with Gasteiger partial charge in [0.2, 0.25) is 5.78 Å². The van der Waals surface area contributed by atoms with Crippen LogP contribution >= 0.6 is 34.8 Å². The van der Waals surface area contributed by atoms with E-state index in [-0.39, 0.29) is 39.7 Å². The number of alkyl carbamates (subject to hydrolysis) is 1. The second-order valence-corrected chi connectivity index (χ2v) is 9.55. The third-order valence-corrected chi connectivity index (χ3v) is 7.14. The van der Waals surface area contributed by atoms with Crippen molar-refractivity contribution in [1.29, 1.82) is 0 Å². The smallest absolute Gasteiger partial charge is 0.407 e. The number of benzene rings is 2. The van der Waals surface area contributed by atoms with Crippen molar-refractivity contribution < 1.29 is 19.4 Å². The minimum atomic E-state index is -0.819. The Morgan fingerprint density at radius 3 is 2.44 bits per heavy atom. The number of nitrogens with one attached hydrogen (secondary N) is 1. The Morgan fingerprint density at radius 2 is 1.78 bits per heavy atom. The molecule has 2 N–H and O–H groups in total. The largest absolute Gasteiger partial charge is 0.445 e. The van der Waals surface area contributed by atoms with Gasteiger partial charge in [-0.05, 0) is 30.5 Å². The van der Waals surface area contributed by atoms with Gasteiger partial charge in [-0.3, -0.25) is 4.79 Å². The van der Waals surface area contributed by atoms with Crippen LogP contribution in [0.4, 0.5) is 10.6 Å². The highest BCUT2D eigenvalue weighted by Gasteiger charge is 2.36. The van der Waals surface area contributed by atoms with Crippen LogP contribution in [0, 0.1) is 0 Å². The van der Waals surface area contributed by atoms with E-state index in [1.54, 1.807) is 18.2 Å². The van der Waals surface area contributed by atoms with E-state index >= 15 is 0 Å². The molecule has 1 aromatic heterocycles.